The number of imidazole rings is 1. The second kappa shape index (κ2) is 11.6. The van der Waals surface area contributed by atoms with Crippen LogP contribution in [0.5, 0.6) is 0 Å². The SMILES string of the molecule is COC(=O)N1CCC[C@@H](Nc2ncc3nc(Nc4c(Cl)cc(Cl)cc4Cl)n(C4CCC(C(N)=O)CC4)c3n2)C1. The van der Waals surface area contributed by atoms with Gasteiger partial charge < -0.3 is 26.0 Å². The number of ether oxygens (including phenoxy) is 1. The minimum Gasteiger partial charge on any atom is -0.453 e. The standard InChI is InChI=1S/C25H29Cl3N8O3/c1-39-25(38)35-8-2-3-15(12-35)31-23-30-11-19-22(34-23)36(16-6-4-13(5-7-16)21(29)37)24(32-19)33-20-17(27)9-14(26)10-18(20)28/h9-11,13,15-16H,2-8,12H2,1H3,(H2,29,37)(H,32,33)(H,30,31,34)/t13?,15-,16?/m1/s1. The smallest absolute Gasteiger partial charge is 0.409 e. The number of hydrogen-bond donors (Lipinski definition) is 3. The number of primary amides is 1. The van der Waals surface area contributed by atoms with Crippen LogP contribution in [0.2, 0.25) is 15.1 Å². The topological polar surface area (TPSA) is 140 Å². The van der Waals surface area contributed by atoms with Gasteiger partial charge in [-0.25, -0.2) is 14.8 Å². The van der Waals surface area contributed by atoms with Crippen LogP contribution in [0.1, 0.15) is 44.6 Å². The van der Waals surface area contributed by atoms with Crippen molar-refractivity contribution in [3.05, 3.63) is 33.4 Å². The molecule has 2 aliphatic rings. The van der Waals surface area contributed by atoms with Gasteiger partial charge in [-0.15, -0.1) is 0 Å². The molecule has 5 rings (SSSR count). The molecule has 1 aromatic carbocycles. The van der Waals surface area contributed by atoms with Crippen LogP contribution in [-0.4, -0.2) is 62.7 Å². The number of nitrogens with zero attached hydrogens (tertiary/aromatic N) is 5. The van der Waals surface area contributed by atoms with Crippen molar-refractivity contribution < 1.29 is 14.3 Å². The average Bonchev–Trinajstić information content (AvgIpc) is 3.27. The molecule has 1 saturated heterocycles. The molecule has 3 aromatic rings. The Hall–Kier alpha value is -3.02. The lowest BCUT2D eigenvalue weighted by Gasteiger charge is -2.32. The van der Waals surface area contributed by atoms with Crippen molar-refractivity contribution >= 4 is 75.6 Å². The summed E-state index contributed by atoms with van der Waals surface area (Å²) in [5.74, 6) is 0.507. The molecule has 0 unspecified atom stereocenters. The molecule has 14 heteroatoms. The van der Waals surface area contributed by atoms with Crippen molar-refractivity contribution in [3.8, 4) is 0 Å². The fourth-order valence-electron chi connectivity index (χ4n) is 5.36. The van der Waals surface area contributed by atoms with Gasteiger partial charge in [-0.05, 0) is 50.7 Å². The average molecular weight is 596 g/mol. The van der Waals surface area contributed by atoms with Gasteiger partial charge in [0.05, 0.1) is 29.0 Å². The number of aromatic nitrogens is 4. The molecule has 2 fully saturated rings. The fourth-order valence-corrected chi connectivity index (χ4v) is 6.27. The van der Waals surface area contributed by atoms with Gasteiger partial charge in [0.1, 0.15) is 5.52 Å². The summed E-state index contributed by atoms with van der Waals surface area (Å²) in [5, 5.41) is 7.76. The van der Waals surface area contributed by atoms with E-state index in [-0.39, 0.29) is 30.0 Å². The van der Waals surface area contributed by atoms with E-state index in [4.69, 9.17) is 55.2 Å². The van der Waals surface area contributed by atoms with Gasteiger partial charge in [0.25, 0.3) is 0 Å². The first kappa shape index (κ1) is 27.5. The Kier molecular flexibility index (Phi) is 8.20. The van der Waals surface area contributed by atoms with Crippen LogP contribution in [0, 0.1) is 5.92 Å². The first-order valence-corrected chi connectivity index (χ1v) is 13.9. The van der Waals surface area contributed by atoms with E-state index in [9.17, 15) is 9.59 Å². The lowest BCUT2D eigenvalue weighted by atomic mass is 9.85. The largest absolute Gasteiger partial charge is 0.453 e. The van der Waals surface area contributed by atoms with Crippen LogP contribution in [0.4, 0.5) is 22.4 Å². The van der Waals surface area contributed by atoms with E-state index in [1.54, 1.807) is 23.2 Å². The van der Waals surface area contributed by atoms with Gasteiger partial charge in [0, 0.05) is 36.1 Å². The number of carbonyl (C=O) groups excluding carboxylic acids is 2. The molecule has 4 N–H and O–H groups in total. The predicted molar refractivity (Wildman–Crippen MR) is 151 cm³/mol. The lowest BCUT2D eigenvalue weighted by Crippen LogP contribution is -2.45. The number of nitrogens with two attached hydrogens (primary N) is 1. The van der Waals surface area contributed by atoms with Crippen LogP contribution in [-0.2, 0) is 9.53 Å². The highest BCUT2D eigenvalue weighted by Gasteiger charge is 2.30. The van der Waals surface area contributed by atoms with E-state index in [1.165, 1.54) is 7.11 Å². The molecule has 1 atom stereocenters. The Morgan fingerprint density at radius 1 is 1.08 bits per heavy atom. The van der Waals surface area contributed by atoms with Crippen molar-refractivity contribution in [2.24, 2.45) is 11.7 Å². The maximum atomic E-state index is 12.0. The fraction of sp³-hybridized carbons (Fsp3) is 0.480. The molecule has 2 aromatic heterocycles. The number of halogens is 3. The number of anilines is 3. The van der Waals surface area contributed by atoms with E-state index in [2.05, 4.69) is 15.6 Å². The Morgan fingerprint density at radius 3 is 2.46 bits per heavy atom. The highest BCUT2D eigenvalue weighted by Crippen LogP contribution is 2.40. The third-order valence-corrected chi connectivity index (χ3v) is 8.14. The summed E-state index contributed by atoms with van der Waals surface area (Å²) in [6, 6.07) is 3.19. The van der Waals surface area contributed by atoms with E-state index in [1.807, 2.05) is 4.57 Å². The molecule has 1 aliphatic heterocycles. The minimum absolute atomic E-state index is 0.00481. The van der Waals surface area contributed by atoms with E-state index in [0.29, 0.717) is 69.7 Å². The zero-order valence-corrected chi connectivity index (χ0v) is 23.6. The van der Waals surface area contributed by atoms with Gasteiger partial charge in [-0.1, -0.05) is 34.8 Å². The number of nitrogens with one attached hydrogen (secondary N) is 2. The molecular formula is C25H29Cl3N8O3. The molecule has 208 valence electrons. The third kappa shape index (κ3) is 5.95. The first-order chi connectivity index (χ1) is 18.7. The quantitative estimate of drug-likeness (QED) is 0.345. The second-order valence-electron chi connectivity index (χ2n) is 9.88. The number of carbonyl (C=O) groups is 2. The Balaban J connectivity index is 1.48. The Morgan fingerprint density at radius 2 is 1.79 bits per heavy atom. The molecule has 3 heterocycles. The molecule has 0 spiro atoms. The van der Waals surface area contributed by atoms with Crippen LogP contribution >= 0.6 is 34.8 Å². The molecule has 1 aliphatic carbocycles. The van der Waals surface area contributed by atoms with Gasteiger partial charge in [-0.2, -0.15) is 4.98 Å². The maximum Gasteiger partial charge on any atom is 0.409 e. The molecular weight excluding hydrogens is 567 g/mol. The van der Waals surface area contributed by atoms with Crippen LogP contribution in [0.25, 0.3) is 11.2 Å². The summed E-state index contributed by atoms with van der Waals surface area (Å²) >= 11 is 19.0. The molecule has 11 nitrogen and oxygen atoms in total. The molecule has 0 bridgehead atoms. The number of fused-ring (bicyclic) bond motifs is 1. The van der Waals surface area contributed by atoms with Crippen molar-refractivity contribution in [1.29, 1.82) is 0 Å². The Labute approximate surface area is 240 Å². The lowest BCUT2D eigenvalue weighted by molar-refractivity contribution is -0.122. The van der Waals surface area contributed by atoms with Crippen molar-refractivity contribution in [2.45, 2.75) is 50.6 Å². The zero-order chi connectivity index (χ0) is 27.7. The zero-order valence-electron chi connectivity index (χ0n) is 21.3. The monoisotopic (exact) mass is 594 g/mol. The molecule has 0 radical (unpaired) electrons. The summed E-state index contributed by atoms with van der Waals surface area (Å²) in [4.78, 5) is 39.5. The highest BCUT2D eigenvalue weighted by atomic mass is 35.5. The minimum atomic E-state index is -0.349. The van der Waals surface area contributed by atoms with Crippen LogP contribution in [0.3, 0.4) is 0 Å². The van der Waals surface area contributed by atoms with Crippen molar-refractivity contribution in [2.75, 3.05) is 30.8 Å². The van der Waals surface area contributed by atoms with Gasteiger partial charge >= 0.3 is 6.09 Å². The molecule has 1 saturated carbocycles. The maximum absolute atomic E-state index is 12.0. The Bertz CT molecular complexity index is 1370. The van der Waals surface area contributed by atoms with Crippen molar-refractivity contribution in [1.82, 2.24) is 24.4 Å². The third-order valence-electron chi connectivity index (χ3n) is 7.33. The van der Waals surface area contributed by atoms with Crippen LogP contribution in [0.15, 0.2) is 18.3 Å². The number of amides is 2. The molecule has 39 heavy (non-hydrogen) atoms. The van der Waals surface area contributed by atoms with Gasteiger partial charge in [-0.3, -0.25) is 9.36 Å². The number of benzene rings is 1. The second-order valence-corrected chi connectivity index (χ2v) is 11.1. The van der Waals surface area contributed by atoms with E-state index >= 15 is 0 Å². The number of methoxy groups -OCH3 is 1. The van der Waals surface area contributed by atoms with E-state index < -0.39 is 0 Å². The predicted octanol–water partition coefficient (Wildman–Crippen LogP) is 5.39. The summed E-state index contributed by atoms with van der Waals surface area (Å²) in [6.07, 6.45) is 5.80. The van der Waals surface area contributed by atoms with Crippen LogP contribution < -0.4 is 16.4 Å². The number of rotatable bonds is 6. The number of hydrogen-bond acceptors (Lipinski definition) is 8. The summed E-state index contributed by atoms with van der Waals surface area (Å²) in [6.45, 7) is 1.14. The highest BCUT2D eigenvalue weighted by molar-refractivity contribution is 6.41. The first-order valence-electron chi connectivity index (χ1n) is 12.8. The van der Waals surface area contributed by atoms with Crippen molar-refractivity contribution in [3.63, 3.8) is 0 Å². The normalized spacial score (nSPS) is 21.5. The van der Waals surface area contributed by atoms with Gasteiger partial charge in [0.15, 0.2) is 5.65 Å². The summed E-state index contributed by atoms with van der Waals surface area (Å²) < 4.78 is 6.90. The molecule has 2 amide bonds. The number of piperidine rings is 1. The van der Waals surface area contributed by atoms with E-state index in [0.717, 1.165) is 25.7 Å². The van der Waals surface area contributed by atoms with Gasteiger partial charge in [0.2, 0.25) is 17.8 Å². The number of likely N-dealkylation sites (tertiary alicyclic amines) is 1. The summed E-state index contributed by atoms with van der Waals surface area (Å²) in [7, 11) is 1.38. The summed E-state index contributed by atoms with van der Waals surface area (Å²) in [5.41, 5.74) is 7.26.